The molecule has 0 saturated carbocycles. The van der Waals surface area contributed by atoms with Gasteiger partial charge in [-0.2, -0.15) is 5.10 Å². The quantitative estimate of drug-likeness (QED) is 0.836. The van der Waals surface area contributed by atoms with Crippen LogP contribution in [0.3, 0.4) is 0 Å². The van der Waals surface area contributed by atoms with Gasteiger partial charge in [-0.05, 0) is 36.6 Å². The maximum Gasteiger partial charge on any atom is 0.124 e. The molecule has 0 N–H and O–H groups in total. The van der Waals surface area contributed by atoms with E-state index < -0.39 is 0 Å². The van der Waals surface area contributed by atoms with Crippen molar-refractivity contribution in [3.63, 3.8) is 0 Å². The zero-order valence-corrected chi connectivity index (χ0v) is 12.2. The Bertz CT molecular complexity index is 549. The summed E-state index contributed by atoms with van der Waals surface area (Å²) < 4.78 is 15.8. The zero-order valence-electron chi connectivity index (χ0n) is 10.6. The second-order valence-electron chi connectivity index (χ2n) is 4.23. The van der Waals surface area contributed by atoms with Crippen LogP contribution >= 0.6 is 15.9 Å². The van der Waals surface area contributed by atoms with Gasteiger partial charge in [0.1, 0.15) is 5.82 Å². The van der Waals surface area contributed by atoms with Gasteiger partial charge in [0.05, 0.1) is 12.2 Å². The molecule has 0 fully saturated rings. The number of aromatic nitrogens is 2. The average molecular weight is 311 g/mol. The minimum Gasteiger partial charge on any atom is -0.265 e. The van der Waals surface area contributed by atoms with Crippen LogP contribution in [0.2, 0.25) is 0 Å². The van der Waals surface area contributed by atoms with E-state index in [1.54, 1.807) is 6.07 Å². The Morgan fingerprint density at radius 3 is 2.61 bits per heavy atom. The number of hydrogen-bond acceptors (Lipinski definition) is 1. The summed E-state index contributed by atoms with van der Waals surface area (Å²) in [7, 11) is 0. The van der Waals surface area contributed by atoms with Gasteiger partial charge < -0.3 is 0 Å². The molecule has 0 aliphatic heterocycles. The van der Waals surface area contributed by atoms with Crippen LogP contribution in [0.4, 0.5) is 4.39 Å². The molecule has 0 radical (unpaired) electrons. The lowest BCUT2D eigenvalue weighted by Crippen LogP contribution is -2.06. The molecule has 2 aromatic rings. The normalized spacial score (nSPS) is 10.9. The van der Waals surface area contributed by atoms with E-state index in [1.807, 2.05) is 4.68 Å². The summed E-state index contributed by atoms with van der Waals surface area (Å²) in [6.07, 6.45) is 1.89. The summed E-state index contributed by atoms with van der Waals surface area (Å²) in [5.74, 6) is -0.226. The van der Waals surface area contributed by atoms with Gasteiger partial charge in [-0.15, -0.1) is 0 Å². The van der Waals surface area contributed by atoms with Crippen molar-refractivity contribution in [2.24, 2.45) is 0 Å². The molecule has 1 aromatic heterocycles. The fourth-order valence-electron chi connectivity index (χ4n) is 1.92. The molecule has 0 saturated heterocycles. The molecule has 2 rings (SSSR count). The van der Waals surface area contributed by atoms with Gasteiger partial charge >= 0.3 is 0 Å². The molecule has 0 aliphatic carbocycles. The average Bonchev–Trinajstić information content (AvgIpc) is 2.75. The molecule has 96 valence electrons. The van der Waals surface area contributed by atoms with Crippen molar-refractivity contribution < 1.29 is 4.39 Å². The number of halogens is 2. The van der Waals surface area contributed by atoms with Crippen LogP contribution in [0.1, 0.15) is 30.8 Å². The lowest BCUT2D eigenvalue weighted by atomic mass is 10.2. The third kappa shape index (κ3) is 2.80. The van der Waals surface area contributed by atoms with Crippen LogP contribution in [-0.2, 0) is 19.4 Å². The van der Waals surface area contributed by atoms with E-state index in [9.17, 15) is 4.39 Å². The summed E-state index contributed by atoms with van der Waals surface area (Å²) in [5.41, 5.74) is 3.35. The van der Waals surface area contributed by atoms with Crippen LogP contribution in [0.25, 0.3) is 0 Å². The van der Waals surface area contributed by atoms with Gasteiger partial charge in [0.15, 0.2) is 0 Å². The fraction of sp³-hybridized carbons (Fsp3) is 0.357. The summed E-state index contributed by atoms with van der Waals surface area (Å²) >= 11 is 3.39. The van der Waals surface area contributed by atoms with E-state index in [2.05, 4.69) is 40.9 Å². The Balaban J connectivity index is 2.30. The first kappa shape index (κ1) is 13.3. The number of hydrogen-bond donors (Lipinski definition) is 0. The van der Waals surface area contributed by atoms with Crippen molar-refractivity contribution in [2.45, 2.75) is 33.2 Å². The van der Waals surface area contributed by atoms with Crippen LogP contribution in [-0.4, -0.2) is 9.78 Å². The van der Waals surface area contributed by atoms with Gasteiger partial charge in [-0.3, -0.25) is 4.68 Å². The second kappa shape index (κ2) is 5.65. The third-order valence-electron chi connectivity index (χ3n) is 2.97. The first-order chi connectivity index (χ1) is 8.63. The first-order valence-corrected chi connectivity index (χ1v) is 6.92. The zero-order chi connectivity index (χ0) is 13.1. The molecule has 0 spiro atoms. The number of rotatable bonds is 4. The molecule has 1 heterocycles. The van der Waals surface area contributed by atoms with Crippen LogP contribution in [0.15, 0.2) is 28.7 Å². The van der Waals surface area contributed by atoms with E-state index in [4.69, 9.17) is 0 Å². The highest BCUT2D eigenvalue weighted by molar-refractivity contribution is 9.10. The van der Waals surface area contributed by atoms with Gasteiger partial charge in [-0.25, -0.2) is 4.39 Å². The number of nitrogens with zero attached hydrogens (tertiary/aromatic N) is 2. The Hall–Kier alpha value is -1.16. The van der Waals surface area contributed by atoms with Gasteiger partial charge in [0.2, 0.25) is 0 Å². The molecule has 1 aromatic carbocycles. The van der Waals surface area contributed by atoms with Gasteiger partial charge in [0.25, 0.3) is 0 Å². The molecule has 2 nitrogen and oxygen atoms in total. The van der Waals surface area contributed by atoms with Crippen molar-refractivity contribution in [3.8, 4) is 0 Å². The predicted octanol–water partition coefficient (Wildman–Crippen LogP) is 3.96. The molecule has 0 aliphatic rings. The molecule has 18 heavy (non-hydrogen) atoms. The van der Waals surface area contributed by atoms with Crippen LogP contribution < -0.4 is 0 Å². The molecular weight excluding hydrogens is 295 g/mol. The highest BCUT2D eigenvalue weighted by atomic mass is 79.9. The number of benzene rings is 1. The SMILES string of the molecule is CCc1cc(CC)n(Cc2ccc(F)cc2Br)n1. The minimum absolute atomic E-state index is 0.226. The minimum atomic E-state index is -0.226. The van der Waals surface area contributed by atoms with Crippen molar-refractivity contribution >= 4 is 15.9 Å². The highest BCUT2D eigenvalue weighted by Gasteiger charge is 2.08. The maximum atomic E-state index is 13.0. The Labute approximate surface area is 115 Å². The molecule has 0 amide bonds. The third-order valence-corrected chi connectivity index (χ3v) is 3.71. The molecule has 0 bridgehead atoms. The summed E-state index contributed by atoms with van der Waals surface area (Å²) in [6.45, 7) is 4.89. The molecule has 4 heteroatoms. The largest absolute Gasteiger partial charge is 0.265 e. The lowest BCUT2D eigenvalue weighted by Gasteiger charge is -2.08. The Morgan fingerprint density at radius 2 is 2.00 bits per heavy atom. The fourth-order valence-corrected chi connectivity index (χ4v) is 2.40. The summed E-state index contributed by atoms with van der Waals surface area (Å²) in [6, 6.07) is 6.91. The van der Waals surface area contributed by atoms with E-state index in [1.165, 1.54) is 17.8 Å². The van der Waals surface area contributed by atoms with E-state index in [0.29, 0.717) is 6.54 Å². The Morgan fingerprint density at radius 1 is 1.22 bits per heavy atom. The van der Waals surface area contributed by atoms with E-state index in [-0.39, 0.29) is 5.82 Å². The molecular formula is C14H16BrFN2. The Kier molecular flexibility index (Phi) is 4.17. The van der Waals surface area contributed by atoms with Crippen molar-refractivity contribution in [1.29, 1.82) is 0 Å². The van der Waals surface area contributed by atoms with Crippen molar-refractivity contribution in [1.82, 2.24) is 9.78 Å². The summed E-state index contributed by atoms with van der Waals surface area (Å²) in [4.78, 5) is 0. The van der Waals surface area contributed by atoms with E-state index >= 15 is 0 Å². The van der Waals surface area contributed by atoms with Crippen molar-refractivity contribution in [2.75, 3.05) is 0 Å². The number of aryl methyl sites for hydroxylation is 2. The van der Waals surface area contributed by atoms with Gasteiger partial charge in [-0.1, -0.05) is 35.8 Å². The summed E-state index contributed by atoms with van der Waals surface area (Å²) in [5, 5.41) is 4.56. The standard InChI is InChI=1S/C14H16BrFN2/c1-3-12-8-13(4-2)18(17-12)9-10-5-6-11(16)7-14(10)15/h5-8H,3-4,9H2,1-2H3. The lowest BCUT2D eigenvalue weighted by molar-refractivity contribution is 0.617. The topological polar surface area (TPSA) is 17.8 Å². The smallest absolute Gasteiger partial charge is 0.124 e. The predicted molar refractivity (Wildman–Crippen MR) is 74.2 cm³/mol. The van der Waals surface area contributed by atoms with Gasteiger partial charge in [0, 0.05) is 10.2 Å². The van der Waals surface area contributed by atoms with Crippen molar-refractivity contribution in [3.05, 3.63) is 51.5 Å². The first-order valence-electron chi connectivity index (χ1n) is 6.13. The van der Waals surface area contributed by atoms with Crippen LogP contribution in [0, 0.1) is 5.82 Å². The maximum absolute atomic E-state index is 13.0. The second-order valence-corrected chi connectivity index (χ2v) is 5.08. The highest BCUT2D eigenvalue weighted by Crippen LogP contribution is 2.20. The molecule has 0 unspecified atom stereocenters. The molecule has 0 atom stereocenters. The monoisotopic (exact) mass is 310 g/mol. The van der Waals surface area contributed by atoms with Crippen LogP contribution in [0.5, 0.6) is 0 Å². The van der Waals surface area contributed by atoms with E-state index in [0.717, 1.165) is 28.6 Å².